The lowest BCUT2D eigenvalue weighted by Gasteiger charge is -2.56. The van der Waals surface area contributed by atoms with Crippen molar-refractivity contribution in [1.29, 1.82) is 0 Å². The van der Waals surface area contributed by atoms with E-state index in [0.29, 0.717) is 24.2 Å². The highest BCUT2D eigenvalue weighted by molar-refractivity contribution is 7.16. The number of hydrogen-bond acceptors (Lipinski definition) is 6. The Kier molecular flexibility index (Phi) is 6.37. The maximum atomic E-state index is 12.5. The van der Waals surface area contributed by atoms with Gasteiger partial charge in [-0.2, -0.15) is 0 Å². The summed E-state index contributed by atoms with van der Waals surface area (Å²) in [5.41, 5.74) is 3.90. The van der Waals surface area contributed by atoms with Gasteiger partial charge in [-0.1, -0.05) is 50.7 Å². The first-order valence-electron chi connectivity index (χ1n) is 14.3. The van der Waals surface area contributed by atoms with Crippen LogP contribution in [0.4, 0.5) is 10.8 Å². The molecule has 0 unspecified atom stereocenters. The van der Waals surface area contributed by atoms with Crippen LogP contribution in [-0.2, 0) is 16.0 Å². The van der Waals surface area contributed by atoms with E-state index < -0.39 is 0 Å². The van der Waals surface area contributed by atoms with Gasteiger partial charge < -0.3 is 15.2 Å². The average Bonchev–Trinajstić information content (AvgIpc) is 3.42. The highest BCUT2D eigenvalue weighted by atomic mass is 32.1. The Morgan fingerprint density at radius 3 is 2.89 bits per heavy atom. The Balaban J connectivity index is 1.23. The molecule has 6 heteroatoms. The Bertz CT molecular complexity index is 1220. The Morgan fingerprint density at radius 1 is 1.22 bits per heavy atom. The number of aromatic nitrogens is 1. The number of thiazole rings is 1. The average molecular weight is 521 g/mol. The van der Waals surface area contributed by atoms with E-state index in [-0.39, 0.29) is 28.7 Å². The number of phenols is 1. The van der Waals surface area contributed by atoms with Gasteiger partial charge in [0.2, 0.25) is 0 Å². The van der Waals surface area contributed by atoms with Gasteiger partial charge in [0.15, 0.2) is 5.13 Å². The van der Waals surface area contributed by atoms with Gasteiger partial charge in [-0.25, -0.2) is 4.98 Å². The maximum absolute atomic E-state index is 12.5. The van der Waals surface area contributed by atoms with Crippen LogP contribution in [0.25, 0.3) is 5.57 Å². The number of rotatable bonds is 6. The molecule has 2 fully saturated rings. The third kappa shape index (κ3) is 4.20. The van der Waals surface area contributed by atoms with Gasteiger partial charge in [-0.15, -0.1) is 0 Å². The summed E-state index contributed by atoms with van der Waals surface area (Å²) in [6.45, 7) is 7.06. The molecular formula is C31H40N2O3S. The lowest BCUT2D eigenvalue weighted by atomic mass is 9.48. The van der Waals surface area contributed by atoms with Crippen LogP contribution in [0.1, 0.15) is 89.1 Å². The van der Waals surface area contributed by atoms with Crippen molar-refractivity contribution in [2.24, 2.45) is 28.6 Å². The standard InChI is InChI=1S/C31H40N2O3S/c1-4-5-9-27(35)36-26-13-12-22-21-10-11-24-28-25(15-17-30(24,2)23(21)14-16-31(22,26)3)33-29(37-28)32-19-7-6-8-20(34)18-19/h6-8,11,18,21-23,26,34H,4-5,9-10,12-17H2,1-3H3,(H,32,33)/t21-,22-,23-,26-,30+,31-/m0/s1. The molecule has 2 saturated carbocycles. The second-order valence-electron chi connectivity index (χ2n) is 12.3. The molecule has 198 valence electrons. The van der Waals surface area contributed by atoms with Gasteiger partial charge in [0.1, 0.15) is 11.9 Å². The molecule has 6 rings (SSSR count). The number of phenolic OH excluding ortho intramolecular Hbond substituents is 1. The molecule has 0 saturated heterocycles. The van der Waals surface area contributed by atoms with Crippen molar-refractivity contribution in [1.82, 2.24) is 4.98 Å². The molecule has 4 aliphatic carbocycles. The number of carbonyl (C=O) groups excluding carboxylic acids is 1. The fourth-order valence-corrected chi connectivity index (χ4v) is 9.53. The van der Waals surface area contributed by atoms with E-state index in [0.717, 1.165) is 55.8 Å². The van der Waals surface area contributed by atoms with Crippen molar-refractivity contribution in [2.45, 2.75) is 91.1 Å². The van der Waals surface area contributed by atoms with Gasteiger partial charge >= 0.3 is 5.97 Å². The molecule has 1 aromatic heterocycles. The summed E-state index contributed by atoms with van der Waals surface area (Å²) in [6, 6.07) is 7.24. The largest absolute Gasteiger partial charge is 0.508 e. The van der Waals surface area contributed by atoms with Gasteiger partial charge in [-0.3, -0.25) is 4.79 Å². The fourth-order valence-electron chi connectivity index (χ4n) is 8.32. The molecule has 6 atom stereocenters. The molecule has 0 radical (unpaired) electrons. The number of nitrogens with zero attached hydrogens (tertiary/aromatic N) is 1. The molecule has 5 nitrogen and oxygen atoms in total. The predicted octanol–water partition coefficient (Wildman–Crippen LogP) is 7.88. The van der Waals surface area contributed by atoms with Gasteiger partial charge in [0.25, 0.3) is 0 Å². The molecule has 2 aromatic rings. The number of hydrogen-bond donors (Lipinski definition) is 2. The zero-order valence-corrected chi connectivity index (χ0v) is 23.2. The first-order chi connectivity index (χ1) is 17.8. The number of aromatic hydroxyl groups is 1. The van der Waals surface area contributed by atoms with E-state index >= 15 is 0 Å². The number of unbranched alkanes of at least 4 members (excludes halogenated alkanes) is 1. The van der Waals surface area contributed by atoms with Crippen LogP contribution in [-0.4, -0.2) is 22.2 Å². The number of esters is 1. The molecule has 1 heterocycles. The number of allylic oxidation sites excluding steroid dienone is 2. The van der Waals surface area contributed by atoms with E-state index in [2.05, 4.69) is 32.2 Å². The second kappa shape index (κ2) is 9.44. The van der Waals surface area contributed by atoms with Crippen molar-refractivity contribution in [3.05, 3.63) is 40.9 Å². The maximum Gasteiger partial charge on any atom is 0.306 e. The molecule has 37 heavy (non-hydrogen) atoms. The Labute approximate surface area is 224 Å². The SMILES string of the molecule is CCCCC(=O)O[C@H]1CC[C@H]2[C@@H]3CC=C4c5sc(Nc6cccc(O)c6)nc5CC[C@]4(C)[C@H]3CC[C@]12C. The first kappa shape index (κ1) is 25.0. The van der Waals surface area contributed by atoms with Crippen molar-refractivity contribution < 1.29 is 14.6 Å². The summed E-state index contributed by atoms with van der Waals surface area (Å²) in [5, 5.41) is 14.2. The van der Waals surface area contributed by atoms with Crippen LogP contribution in [0.5, 0.6) is 5.75 Å². The summed E-state index contributed by atoms with van der Waals surface area (Å²) in [6.07, 6.45) is 13.0. The molecule has 0 amide bonds. The summed E-state index contributed by atoms with van der Waals surface area (Å²) >= 11 is 1.76. The van der Waals surface area contributed by atoms with Crippen LogP contribution < -0.4 is 5.32 Å². The van der Waals surface area contributed by atoms with Crippen molar-refractivity contribution >= 4 is 33.7 Å². The fraction of sp³-hybridized carbons (Fsp3) is 0.613. The van der Waals surface area contributed by atoms with Gasteiger partial charge in [-0.05, 0) is 92.2 Å². The molecule has 0 aliphatic heterocycles. The third-order valence-electron chi connectivity index (χ3n) is 10.3. The van der Waals surface area contributed by atoms with Crippen LogP contribution >= 0.6 is 11.3 Å². The molecule has 2 N–H and O–H groups in total. The normalized spacial score (nSPS) is 34.0. The molecule has 1 aromatic carbocycles. The lowest BCUT2D eigenvalue weighted by Crippen LogP contribution is -2.50. The zero-order valence-electron chi connectivity index (χ0n) is 22.4. The third-order valence-corrected chi connectivity index (χ3v) is 11.4. The lowest BCUT2D eigenvalue weighted by molar-refractivity contribution is -0.159. The molecule has 4 aliphatic rings. The number of ether oxygens (including phenoxy) is 1. The van der Waals surface area contributed by atoms with Crippen LogP contribution in [0.3, 0.4) is 0 Å². The molecule has 0 spiro atoms. The number of benzene rings is 1. The van der Waals surface area contributed by atoms with Crippen molar-refractivity contribution in [3.63, 3.8) is 0 Å². The summed E-state index contributed by atoms with van der Waals surface area (Å²) < 4.78 is 6.12. The smallest absolute Gasteiger partial charge is 0.306 e. The highest BCUT2D eigenvalue weighted by Crippen LogP contribution is 2.66. The van der Waals surface area contributed by atoms with E-state index in [1.807, 2.05) is 12.1 Å². The summed E-state index contributed by atoms with van der Waals surface area (Å²) in [7, 11) is 0. The van der Waals surface area contributed by atoms with E-state index in [4.69, 9.17) is 9.72 Å². The van der Waals surface area contributed by atoms with E-state index in [9.17, 15) is 9.90 Å². The Morgan fingerprint density at radius 2 is 2.08 bits per heavy atom. The molecular weight excluding hydrogens is 480 g/mol. The van der Waals surface area contributed by atoms with E-state index in [1.54, 1.807) is 23.5 Å². The predicted molar refractivity (Wildman–Crippen MR) is 149 cm³/mol. The van der Waals surface area contributed by atoms with E-state index in [1.165, 1.54) is 29.0 Å². The van der Waals surface area contributed by atoms with Gasteiger partial charge in [0.05, 0.1) is 10.6 Å². The minimum Gasteiger partial charge on any atom is -0.508 e. The second-order valence-corrected chi connectivity index (χ2v) is 13.3. The minimum atomic E-state index is 0.00812. The van der Waals surface area contributed by atoms with Crippen LogP contribution in [0.15, 0.2) is 30.3 Å². The highest BCUT2D eigenvalue weighted by Gasteiger charge is 2.60. The van der Waals surface area contributed by atoms with Crippen LogP contribution in [0, 0.1) is 28.6 Å². The van der Waals surface area contributed by atoms with Crippen LogP contribution in [0.2, 0.25) is 0 Å². The quantitative estimate of drug-likeness (QED) is 0.379. The Hall–Kier alpha value is -2.34. The number of fused-ring (bicyclic) bond motifs is 7. The first-order valence-corrected chi connectivity index (χ1v) is 15.1. The summed E-state index contributed by atoms with van der Waals surface area (Å²) in [5.74, 6) is 2.25. The topological polar surface area (TPSA) is 71.5 Å². The number of aryl methyl sites for hydroxylation is 1. The van der Waals surface area contributed by atoms with Crippen molar-refractivity contribution in [3.8, 4) is 5.75 Å². The molecule has 0 bridgehead atoms. The number of anilines is 2. The zero-order chi connectivity index (χ0) is 25.8. The summed E-state index contributed by atoms with van der Waals surface area (Å²) in [4.78, 5) is 18.8. The van der Waals surface area contributed by atoms with Crippen molar-refractivity contribution in [2.75, 3.05) is 5.32 Å². The number of nitrogens with one attached hydrogen (secondary N) is 1. The minimum absolute atomic E-state index is 0.00812. The van der Waals surface area contributed by atoms with Gasteiger partial charge in [0, 0.05) is 23.6 Å². The monoisotopic (exact) mass is 520 g/mol. The number of carbonyl (C=O) groups is 1.